The minimum Gasteiger partial charge on any atom is -0.479 e. The Labute approximate surface area is 209 Å². The Balaban J connectivity index is 1.76. The molecule has 11 nitrogen and oxygen atoms in total. The van der Waals surface area contributed by atoms with E-state index in [0.29, 0.717) is 34.0 Å². The zero-order valence-electron chi connectivity index (χ0n) is 20.2. The first-order valence-electron chi connectivity index (χ1n) is 11.2. The highest BCUT2D eigenvalue weighted by atomic mass is 35.5. The second kappa shape index (κ2) is 10.1. The summed E-state index contributed by atoms with van der Waals surface area (Å²) in [5.41, 5.74) is 1.16. The van der Waals surface area contributed by atoms with Crippen molar-refractivity contribution >= 4 is 21.4 Å². The van der Waals surface area contributed by atoms with Crippen molar-refractivity contribution in [2.75, 3.05) is 14.2 Å². The van der Waals surface area contributed by atoms with Crippen LogP contribution in [0.4, 0.5) is 0 Å². The van der Waals surface area contributed by atoms with Crippen LogP contribution in [0.5, 0.6) is 5.88 Å². The third-order valence-corrected chi connectivity index (χ3v) is 8.80. The van der Waals surface area contributed by atoms with Crippen molar-refractivity contribution in [3.05, 3.63) is 46.9 Å². The van der Waals surface area contributed by atoms with Crippen LogP contribution in [0, 0.1) is 12.8 Å². The number of nitrogens with zero attached hydrogens (tertiary/aromatic N) is 7. The third kappa shape index (κ3) is 4.87. The number of aromatic nitrogens is 7. The fourth-order valence-corrected chi connectivity index (χ4v) is 5.80. The van der Waals surface area contributed by atoms with E-state index in [1.54, 1.807) is 11.5 Å². The topological polar surface area (TPSA) is 135 Å². The van der Waals surface area contributed by atoms with Gasteiger partial charge in [0, 0.05) is 25.4 Å². The Kier molecular flexibility index (Phi) is 7.34. The van der Waals surface area contributed by atoms with Gasteiger partial charge in [-0.15, -0.1) is 10.2 Å². The van der Waals surface area contributed by atoms with Crippen molar-refractivity contribution in [2.45, 2.75) is 56.6 Å². The number of sulfone groups is 1. The fourth-order valence-electron chi connectivity index (χ4n) is 4.29. The van der Waals surface area contributed by atoms with Gasteiger partial charge in [0.15, 0.2) is 21.5 Å². The van der Waals surface area contributed by atoms with Gasteiger partial charge in [-0.25, -0.2) is 23.4 Å². The first kappa shape index (κ1) is 25.4. The molecule has 3 aromatic heterocycles. The Bertz CT molecular complexity index is 1300. The Morgan fingerprint density at radius 1 is 1.14 bits per heavy atom. The van der Waals surface area contributed by atoms with E-state index in [4.69, 9.17) is 21.1 Å². The van der Waals surface area contributed by atoms with E-state index in [9.17, 15) is 8.42 Å². The van der Waals surface area contributed by atoms with Crippen molar-refractivity contribution < 1.29 is 17.9 Å². The van der Waals surface area contributed by atoms with Crippen LogP contribution in [0.1, 0.15) is 61.9 Å². The predicted molar refractivity (Wildman–Crippen MR) is 128 cm³/mol. The van der Waals surface area contributed by atoms with Crippen LogP contribution in [-0.2, 0) is 20.3 Å². The van der Waals surface area contributed by atoms with Gasteiger partial charge < -0.3 is 9.47 Å². The summed E-state index contributed by atoms with van der Waals surface area (Å²) in [6.45, 7) is 5.52. The zero-order chi connectivity index (χ0) is 25.3. The molecule has 3 aromatic rings. The molecular formula is C22H28ClN7O4S. The van der Waals surface area contributed by atoms with Gasteiger partial charge in [0.1, 0.15) is 29.7 Å². The Morgan fingerprint density at radius 3 is 2.43 bits per heavy atom. The van der Waals surface area contributed by atoms with Gasteiger partial charge in [-0.1, -0.05) is 18.5 Å². The molecule has 35 heavy (non-hydrogen) atoms. The molecule has 1 fully saturated rings. The summed E-state index contributed by atoms with van der Waals surface area (Å²) >= 11 is 5.88. The van der Waals surface area contributed by atoms with E-state index < -0.39 is 21.2 Å². The molecule has 1 aliphatic carbocycles. The fraction of sp³-hybridized carbons (Fsp3) is 0.545. The second-order valence-corrected chi connectivity index (χ2v) is 11.5. The van der Waals surface area contributed by atoms with Crippen LogP contribution < -0.4 is 4.74 Å². The molecule has 3 heterocycles. The molecule has 0 aromatic carbocycles. The zero-order valence-corrected chi connectivity index (χ0v) is 21.8. The molecule has 4 atom stereocenters. The molecular weight excluding hydrogens is 494 g/mol. The highest BCUT2D eigenvalue weighted by Gasteiger charge is 2.38. The third-order valence-electron chi connectivity index (χ3n) is 6.57. The predicted octanol–water partition coefficient (Wildman–Crippen LogP) is 3.02. The lowest BCUT2D eigenvalue weighted by atomic mass is 9.74. The number of aryl methyl sites for hydroxylation is 1. The SMILES string of the molecule is COc1ncnc(C)c1-n1c(CS(=O)(=O)[C@@H](C)[C@H](OC)c2ncc(Cl)cn2)nnc1[C@@H]1CC[C@@H]1C. The van der Waals surface area contributed by atoms with Gasteiger partial charge in [-0.3, -0.25) is 4.57 Å². The van der Waals surface area contributed by atoms with Gasteiger partial charge in [-0.2, -0.15) is 4.98 Å². The van der Waals surface area contributed by atoms with Crippen molar-refractivity contribution in [2.24, 2.45) is 5.92 Å². The average Bonchev–Trinajstić information content (AvgIpc) is 3.20. The quantitative estimate of drug-likeness (QED) is 0.413. The van der Waals surface area contributed by atoms with E-state index in [1.807, 2.05) is 6.92 Å². The van der Waals surface area contributed by atoms with Crippen molar-refractivity contribution in [3.63, 3.8) is 0 Å². The first-order valence-corrected chi connectivity index (χ1v) is 13.3. The van der Waals surface area contributed by atoms with Gasteiger partial charge >= 0.3 is 0 Å². The monoisotopic (exact) mass is 521 g/mol. The van der Waals surface area contributed by atoms with Gasteiger partial charge in [0.2, 0.25) is 5.88 Å². The standard InChI is InChI=1S/C22H28ClN7O4S/c1-12-6-7-16(12)21-29-28-17(30(21)18-13(2)26-11-27-22(18)34-5)10-35(31,32)14(3)19(33-4)20-24-8-15(23)9-25-20/h8-9,11-12,14,16,19H,6-7,10H2,1-5H3/t12-,14-,16+,19-/m0/s1. The lowest BCUT2D eigenvalue weighted by Gasteiger charge is -2.33. The number of methoxy groups -OCH3 is 2. The summed E-state index contributed by atoms with van der Waals surface area (Å²) in [4.78, 5) is 16.8. The van der Waals surface area contributed by atoms with Crippen molar-refractivity contribution in [1.82, 2.24) is 34.7 Å². The summed E-state index contributed by atoms with van der Waals surface area (Å²) < 4.78 is 39.9. The molecule has 0 N–H and O–H groups in total. The van der Waals surface area contributed by atoms with Crippen molar-refractivity contribution in [1.29, 1.82) is 0 Å². The minimum absolute atomic E-state index is 0.148. The maximum absolute atomic E-state index is 13.6. The van der Waals surface area contributed by atoms with Gasteiger partial charge in [0.05, 0.1) is 23.1 Å². The first-order chi connectivity index (χ1) is 16.7. The molecule has 0 spiro atoms. The van der Waals surface area contributed by atoms with E-state index in [-0.39, 0.29) is 23.3 Å². The Hall–Kier alpha value is -2.70. The van der Waals surface area contributed by atoms with E-state index in [1.165, 1.54) is 32.9 Å². The molecule has 0 amide bonds. The number of halogens is 1. The maximum Gasteiger partial charge on any atom is 0.241 e. The summed E-state index contributed by atoms with van der Waals surface area (Å²) in [5, 5.41) is 8.12. The molecule has 0 aliphatic heterocycles. The smallest absolute Gasteiger partial charge is 0.241 e. The maximum atomic E-state index is 13.6. The largest absolute Gasteiger partial charge is 0.479 e. The average molecular weight is 522 g/mol. The number of hydrogen-bond acceptors (Lipinski definition) is 10. The second-order valence-electron chi connectivity index (χ2n) is 8.72. The summed E-state index contributed by atoms with van der Waals surface area (Å²) in [6.07, 6.45) is 5.33. The molecule has 0 unspecified atom stereocenters. The minimum atomic E-state index is -3.80. The van der Waals surface area contributed by atoms with Crippen LogP contribution >= 0.6 is 11.6 Å². The highest BCUT2D eigenvalue weighted by molar-refractivity contribution is 7.91. The number of hydrogen-bond donors (Lipinski definition) is 0. The molecule has 188 valence electrons. The summed E-state index contributed by atoms with van der Waals surface area (Å²) in [5.74, 6) is 1.66. The lowest BCUT2D eigenvalue weighted by molar-refractivity contribution is 0.0948. The Morgan fingerprint density at radius 2 is 1.86 bits per heavy atom. The van der Waals surface area contributed by atoms with E-state index >= 15 is 0 Å². The molecule has 1 saturated carbocycles. The molecule has 0 radical (unpaired) electrons. The molecule has 0 saturated heterocycles. The van der Waals surface area contributed by atoms with Gasteiger partial charge in [0.25, 0.3) is 0 Å². The van der Waals surface area contributed by atoms with Crippen molar-refractivity contribution in [3.8, 4) is 11.6 Å². The lowest BCUT2D eigenvalue weighted by Crippen LogP contribution is -2.30. The number of rotatable bonds is 9. The van der Waals surface area contributed by atoms with E-state index in [2.05, 4.69) is 37.1 Å². The van der Waals surface area contributed by atoms with Crippen LogP contribution in [0.2, 0.25) is 5.02 Å². The van der Waals surface area contributed by atoms with Gasteiger partial charge in [-0.05, 0) is 32.6 Å². The molecule has 0 bridgehead atoms. The molecule has 1 aliphatic rings. The highest BCUT2D eigenvalue weighted by Crippen LogP contribution is 2.43. The molecule has 4 rings (SSSR count). The van der Waals surface area contributed by atoms with Crippen LogP contribution in [0.3, 0.4) is 0 Å². The van der Waals surface area contributed by atoms with E-state index in [0.717, 1.165) is 12.8 Å². The van der Waals surface area contributed by atoms with Crippen LogP contribution in [0.25, 0.3) is 5.69 Å². The molecule has 13 heteroatoms. The normalized spacial score (nSPS) is 19.7. The summed E-state index contributed by atoms with van der Waals surface area (Å²) in [6, 6.07) is 0. The number of ether oxygens (including phenoxy) is 2. The van der Waals surface area contributed by atoms with Crippen LogP contribution in [-0.4, -0.2) is 62.6 Å². The summed E-state index contributed by atoms with van der Waals surface area (Å²) in [7, 11) is -0.875. The van der Waals surface area contributed by atoms with Crippen LogP contribution in [0.15, 0.2) is 18.7 Å².